The molecule has 0 saturated heterocycles. The van der Waals surface area contributed by atoms with Crippen LogP contribution < -0.4 is 15.4 Å². The van der Waals surface area contributed by atoms with Crippen molar-refractivity contribution >= 4 is 33.2 Å². The fraction of sp³-hybridized carbons (Fsp3) is 0.263. The predicted molar refractivity (Wildman–Crippen MR) is 107 cm³/mol. The minimum atomic E-state index is -3.53. The molecule has 0 radical (unpaired) electrons. The number of sulfonamides is 1. The van der Waals surface area contributed by atoms with Gasteiger partial charge in [-0.3, -0.25) is 9.59 Å². The van der Waals surface area contributed by atoms with Crippen molar-refractivity contribution in [2.75, 3.05) is 31.3 Å². The number of carbonyl (C=O) groups is 2. The Morgan fingerprint density at radius 3 is 2.07 bits per heavy atom. The van der Waals surface area contributed by atoms with Crippen LogP contribution in [-0.4, -0.2) is 45.2 Å². The molecule has 0 fully saturated rings. The van der Waals surface area contributed by atoms with Crippen molar-refractivity contribution in [3.63, 3.8) is 0 Å². The summed E-state index contributed by atoms with van der Waals surface area (Å²) >= 11 is 0. The summed E-state index contributed by atoms with van der Waals surface area (Å²) in [6.45, 7) is 2.90. The quantitative estimate of drug-likeness (QED) is 0.735. The zero-order chi connectivity index (χ0) is 20.9. The summed E-state index contributed by atoms with van der Waals surface area (Å²) in [6.07, 6.45) is 0. The number of carbonyl (C=O) groups excluding carboxylic acids is 2. The topological polar surface area (TPSA) is 105 Å². The van der Waals surface area contributed by atoms with E-state index in [0.717, 1.165) is 4.31 Å². The smallest absolute Gasteiger partial charge is 0.262 e. The molecule has 0 aliphatic rings. The Morgan fingerprint density at radius 1 is 1.00 bits per heavy atom. The molecule has 0 aromatic heterocycles. The monoisotopic (exact) mass is 405 g/mol. The first-order valence-electron chi connectivity index (χ1n) is 8.43. The van der Waals surface area contributed by atoms with Crippen LogP contribution in [0.3, 0.4) is 0 Å². The van der Waals surface area contributed by atoms with Gasteiger partial charge in [0, 0.05) is 32.4 Å². The first-order chi connectivity index (χ1) is 13.1. The minimum absolute atomic E-state index is 0.158. The van der Waals surface area contributed by atoms with Gasteiger partial charge in [0.1, 0.15) is 5.75 Å². The summed E-state index contributed by atoms with van der Waals surface area (Å²) in [5.74, 6) is -0.115. The third kappa shape index (κ3) is 5.54. The van der Waals surface area contributed by atoms with Crippen LogP contribution in [-0.2, 0) is 19.6 Å². The van der Waals surface area contributed by atoms with Crippen LogP contribution in [0.1, 0.15) is 12.5 Å². The molecule has 2 rings (SSSR count). The molecule has 0 aliphatic carbocycles. The molecule has 8 nitrogen and oxygen atoms in total. The highest BCUT2D eigenvalue weighted by Gasteiger charge is 2.18. The Hall–Kier alpha value is -2.91. The average Bonchev–Trinajstić information content (AvgIpc) is 2.61. The molecule has 0 spiro atoms. The SMILES string of the molecule is CC(=O)Nc1ccc(NC(=O)COc2ccc(S(=O)(=O)N(C)C)cc2C)cc1. The summed E-state index contributed by atoms with van der Waals surface area (Å²) in [5, 5.41) is 5.32. The van der Waals surface area contributed by atoms with E-state index >= 15 is 0 Å². The van der Waals surface area contributed by atoms with Crippen molar-refractivity contribution in [3.8, 4) is 5.75 Å². The number of rotatable bonds is 7. The van der Waals surface area contributed by atoms with Crippen molar-refractivity contribution < 1.29 is 22.7 Å². The van der Waals surface area contributed by atoms with Crippen molar-refractivity contribution in [2.24, 2.45) is 0 Å². The molecule has 0 heterocycles. The van der Waals surface area contributed by atoms with E-state index in [1.54, 1.807) is 31.2 Å². The standard InChI is InChI=1S/C19H23N3O5S/c1-13-11-17(28(25,26)22(3)4)9-10-18(13)27-12-19(24)21-16-7-5-15(6-8-16)20-14(2)23/h5-11H,12H2,1-4H3,(H,20,23)(H,21,24). The maximum atomic E-state index is 12.1. The fourth-order valence-electron chi connectivity index (χ4n) is 2.34. The molecule has 0 unspecified atom stereocenters. The van der Waals surface area contributed by atoms with Gasteiger partial charge >= 0.3 is 0 Å². The van der Waals surface area contributed by atoms with Crippen LogP contribution in [0.5, 0.6) is 5.75 Å². The first kappa shape index (κ1) is 21.4. The summed E-state index contributed by atoms with van der Waals surface area (Å²) < 4.78 is 30.9. The number of aryl methyl sites for hydroxylation is 1. The first-order valence-corrected chi connectivity index (χ1v) is 9.87. The normalized spacial score (nSPS) is 11.2. The van der Waals surface area contributed by atoms with Crippen LogP contribution in [0.15, 0.2) is 47.4 Å². The van der Waals surface area contributed by atoms with Gasteiger partial charge in [-0.1, -0.05) is 0 Å². The van der Waals surface area contributed by atoms with E-state index in [0.29, 0.717) is 22.7 Å². The zero-order valence-corrected chi connectivity index (χ0v) is 17.0. The van der Waals surface area contributed by atoms with Crippen LogP contribution in [0, 0.1) is 6.92 Å². The number of nitrogens with zero attached hydrogens (tertiary/aromatic N) is 1. The molecule has 2 aromatic carbocycles. The molecule has 0 bridgehead atoms. The predicted octanol–water partition coefficient (Wildman–Crippen LogP) is 2.22. The van der Waals surface area contributed by atoms with Gasteiger partial charge in [0.05, 0.1) is 4.90 Å². The number of anilines is 2. The van der Waals surface area contributed by atoms with Crippen molar-refractivity contribution in [1.29, 1.82) is 0 Å². The maximum Gasteiger partial charge on any atom is 0.262 e. The number of benzene rings is 2. The molecule has 0 atom stereocenters. The lowest BCUT2D eigenvalue weighted by Crippen LogP contribution is -2.22. The minimum Gasteiger partial charge on any atom is -0.483 e. The maximum absolute atomic E-state index is 12.1. The Bertz CT molecular complexity index is 970. The number of hydrogen-bond donors (Lipinski definition) is 2. The molecule has 150 valence electrons. The Morgan fingerprint density at radius 2 is 1.57 bits per heavy atom. The van der Waals surface area contributed by atoms with E-state index in [2.05, 4.69) is 10.6 Å². The second-order valence-corrected chi connectivity index (χ2v) is 8.46. The lowest BCUT2D eigenvalue weighted by atomic mass is 10.2. The van der Waals surface area contributed by atoms with Crippen molar-refractivity contribution in [3.05, 3.63) is 48.0 Å². The van der Waals surface area contributed by atoms with Gasteiger partial charge in [-0.25, -0.2) is 12.7 Å². The molecule has 2 aromatic rings. The van der Waals surface area contributed by atoms with E-state index in [4.69, 9.17) is 4.74 Å². The highest BCUT2D eigenvalue weighted by atomic mass is 32.2. The van der Waals surface area contributed by atoms with E-state index in [9.17, 15) is 18.0 Å². The third-order valence-corrected chi connectivity index (χ3v) is 5.58. The van der Waals surface area contributed by atoms with E-state index in [-0.39, 0.29) is 23.3 Å². The Labute approximate surface area is 164 Å². The molecule has 2 amide bonds. The fourth-order valence-corrected chi connectivity index (χ4v) is 3.32. The molecular weight excluding hydrogens is 382 g/mol. The number of hydrogen-bond acceptors (Lipinski definition) is 5. The number of amides is 2. The number of ether oxygens (including phenoxy) is 1. The highest BCUT2D eigenvalue weighted by Crippen LogP contribution is 2.23. The molecule has 9 heteroatoms. The van der Waals surface area contributed by atoms with Gasteiger partial charge in [0.2, 0.25) is 15.9 Å². The summed E-state index contributed by atoms with van der Waals surface area (Å²) in [5.41, 5.74) is 1.80. The summed E-state index contributed by atoms with van der Waals surface area (Å²) in [6, 6.07) is 11.1. The molecule has 28 heavy (non-hydrogen) atoms. The Kier molecular flexibility index (Phi) is 6.76. The summed E-state index contributed by atoms with van der Waals surface area (Å²) in [7, 11) is -0.606. The van der Waals surface area contributed by atoms with Gasteiger partial charge < -0.3 is 15.4 Å². The molecular formula is C19H23N3O5S. The van der Waals surface area contributed by atoms with Gasteiger partial charge in [-0.2, -0.15) is 0 Å². The van der Waals surface area contributed by atoms with E-state index < -0.39 is 10.0 Å². The van der Waals surface area contributed by atoms with Crippen LogP contribution in [0.25, 0.3) is 0 Å². The average molecular weight is 405 g/mol. The molecule has 0 saturated carbocycles. The van der Waals surface area contributed by atoms with E-state index in [1.165, 1.54) is 39.2 Å². The third-order valence-electron chi connectivity index (χ3n) is 3.77. The lowest BCUT2D eigenvalue weighted by Gasteiger charge is -2.14. The lowest BCUT2D eigenvalue weighted by molar-refractivity contribution is -0.118. The molecule has 0 aliphatic heterocycles. The van der Waals surface area contributed by atoms with Crippen LogP contribution in [0.4, 0.5) is 11.4 Å². The zero-order valence-electron chi connectivity index (χ0n) is 16.1. The van der Waals surface area contributed by atoms with Gasteiger partial charge in [-0.05, 0) is 55.0 Å². The van der Waals surface area contributed by atoms with Crippen LogP contribution >= 0.6 is 0 Å². The van der Waals surface area contributed by atoms with E-state index in [1.807, 2.05) is 0 Å². The largest absolute Gasteiger partial charge is 0.483 e. The second-order valence-electron chi connectivity index (χ2n) is 6.31. The van der Waals surface area contributed by atoms with Gasteiger partial charge in [-0.15, -0.1) is 0 Å². The van der Waals surface area contributed by atoms with Gasteiger partial charge in [0.25, 0.3) is 5.91 Å². The Balaban J connectivity index is 1.96. The molecule has 2 N–H and O–H groups in total. The van der Waals surface area contributed by atoms with Crippen molar-refractivity contribution in [1.82, 2.24) is 4.31 Å². The highest BCUT2D eigenvalue weighted by molar-refractivity contribution is 7.89. The number of nitrogens with one attached hydrogen (secondary N) is 2. The second kappa shape index (κ2) is 8.85. The van der Waals surface area contributed by atoms with Gasteiger partial charge in [0.15, 0.2) is 6.61 Å². The summed E-state index contributed by atoms with van der Waals surface area (Å²) in [4.78, 5) is 23.2. The van der Waals surface area contributed by atoms with Crippen molar-refractivity contribution in [2.45, 2.75) is 18.7 Å². The van der Waals surface area contributed by atoms with Crippen LogP contribution in [0.2, 0.25) is 0 Å².